The summed E-state index contributed by atoms with van der Waals surface area (Å²) in [4.78, 5) is 27.2. The van der Waals surface area contributed by atoms with Crippen LogP contribution in [-0.2, 0) is 24.2 Å². The van der Waals surface area contributed by atoms with Crippen LogP contribution >= 0.6 is 0 Å². The van der Waals surface area contributed by atoms with Gasteiger partial charge in [-0.25, -0.2) is 4.98 Å². The Morgan fingerprint density at radius 3 is 2.68 bits per heavy atom. The molecule has 2 aliphatic heterocycles. The van der Waals surface area contributed by atoms with Gasteiger partial charge >= 0.3 is 0 Å². The van der Waals surface area contributed by atoms with E-state index in [1.807, 2.05) is 0 Å². The van der Waals surface area contributed by atoms with Crippen LogP contribution in [0.2, 0.25) is 0 Å². The number of rotatable bonds is 7. The smallest absolute Gasteiger partial charge is 0.255 e. The summed E-state index contributed by atoms with van der Waals surface area (Å²) in [5.74, 6) is 1.57. The number of methoxy groups -OCH3 is 1. The standard InChI is InChI=1S/C23H33N5O3/c1-4-27(5-2)18-7-6-17(21(14-18)30-3)15-26-9-8-19-20(16-26)24-23(25-22(19)29)28-10-12-31-13-11-28/h6-7,14H,4-5,8-13,15-16H2,1-3H3,(H,24,25,29). The number of morpholine rings is 1. The van der Waals surface area contributed by atoms with Crippen molar-refractivity contribution in [3.8, 4) is 5.75 Å². The topological polar surface area (TPSA) is 73.9 Å². The number of anilines is 2. The first kappa shape index (κ1) is 21.6. The first-order valence-electron chi connectivity index (χ1n) is 11.2. The number of ether oxygens (including phenoxy) is 2. The van der Waals surface area contributed by atoms with Gasteiger partial charge in [0.1, 0.15) is 5.75 Å². The lowest BCUT2D eigenvalue weighted by molar-refractivity contribution is 0.122. The zero-order valence-corrected chi connectivity index (χ0v) is 18.8. The average molecular weight is 428 g/mol. The number of H-pyrrole nitrogens is 1. The lowest BCUT2D eigenvalue weighted by Gasteiger charge is -2.31. The molecule has 1 aromatic carbocycles. The van der Waals surface area contributed by atoms with Crippen molar-refractivity contribution in [3.05, 3.63) is 45.4 Å². The van der Waals surface area contributed by atoms with Crippen molar-refractivity contribution in [2.75, 3.05) is 62.8 Å². The van der Waals surface area contributed by atoms with Crippen LogP contribution in [-0.4, -0.2) is 67.9 Å². The second-order valence-corrected chi connectivity index (χ2v) is 8.04. The molecule has 1 fully saturated rings. The minimum atomic E-state index is -0.00713. The Bertz CT molecular complexity index is 951. The monoisotopic (exact) mass is 427 g/mol. The molecule has 1 aromatic heterocycles. The van der Waals surface area contributed by atoms with E-state index in [0.29, 0.717) is 32.1 Å². The highest BCUT2D eigenvalue weighted by molar-refractivity contribution is 5.54. The molecule has 2 aliphatic rings. The van der Waals surface area contributed by atoms with E-state index in [-0.39, 0.29) is 5.56 Å². The first-order chi connectivity index (χ1) is 15.1. The SMILES string of the molecule is CCN(CC)c1ccc(CN2CCc3c(nc(N4CCOCC4)[nH]c3=O)C2)c(OC)c1. The molecule has 0 bridgehead atoms. The van der Waals surface area contributed by atoms with E-state index in [1.54, 1.807) is 7.11 Å². The Morgan fingerprint density at radius 1 is 1.19 bits per heavy atom. The molecule has 8 heteroatoms. The lowest BCUT2D eigenvalue weighted by atomic mass is 10.0. The predicted molar refractivity (Wildman–Crippen MR) is 122 cm³/mol. The van der Waals surface area contributed by atoms with Gasteiger partial charge in [-0.2, -0.15) is 0 Å². The Morgan fingerprint density at radius 2 is 1.97 bits per heavy atom. The number of aromatic amines is 1. The summed E-state index contributed by atoms with van der Waals surface area (Å²) in [7, 11) is 1.73. The first-order valence-corrected chi connectivity index (χ1v) is 11.2. The number of hydrogen-bond donors (Lipinski definition) is 1. The normalized spacial score (nSPS) is 16.8. The van der Waals surface area contributed by atoms with E-state index in [2.05, 4.69) is 51.7 Å². The average Bonchev–Trinajstić information content (AvgIpc) is 2.81. The Labute approximate surface area is 183 Å². The van der Waals surface area contributed by atoms with E-state index >= 15 is 0 Å². The van der Waals surface area contributed by atoms with E-state index in [1.165, 1.54) is 5.69 Å². The molecule has 3 heterocycles. The summed E-state index contributed by atoms with van der Waals surface area (Å²) in [6.07, 6.45) is 0.709. The van der Waals surface area contributed by atoms with Crippen molar-refractivity contribution in [2.24, 2.45) is 0 Å². The van der Waals surface area contributed by atoms with Gasteiger partial charge in [-0.1, -0.05) is 6.07 Å². The van der Waals surface area contributed by atoms with Crippen molar-refractivity contribution in [2.45, 2.75) is 33.4 Å². The highest BCUT2D eigenvalue weighted by Crippen LogP contribution is 2.28. The van der Waals surface area contributed by atoms with Crippen molar-refractivity contribution >= 4 is 11.6 Å². The maximum Gasteiger partial charge on any atom is 0.255 e. The predicted octanol–water partition coefficient (Wildman–Crippen LogP) is 2.02. The molecule has 1 saturated heterocycles. The summed E-state index contributed by atoms with van der Waals surface area (Å²) in [5.41, 5.74) is 4.03. The Balaban J connectivity index is 1.52. The molecular weight excluding hydrogens is 394 g/mol. The van der Waals surface area contributed by atoms with Gasteiger partial charge in [-0.3, -0.25) is 14.7 Å². The molecule has 0 radical (unpaired) electrons. The van der Waals surface area contributed by atoms with Crippen molar-refractivity contribution in [1.29, 1.82) is 0 Å². The molecule has 1 N–H and O–H groups in total. The fraction of sp³-hybridized carbons (Fsp3) is 0.565. The van der Waals surface area contributed by atoms with Gasteiger partial charge in [0.15, 0.2) is 0 Å². The van der Waals surface area contributed by atoms with Crippen LogP contribution in [0.3, 0.4) is 0 Å². The van der Waals surface area contributed by atoms with Gasteiger partial charge in [-0.15, -0.1) is 0 Å². The van der Waals surface area contributed by atoms with Gasteiger partial charge < -0.3 is 19.3 Å². The van der Waals surface area contributed by atoms with Crippen molar-refractivity contribution < 1.29 is 9.47 Å². The molecule has 0 saturated carbocycles. The second-order valence-electron chi connectivity index (χ2n) is 8.04. The quantitative estimate of drug-likeness (QED) is 0.725. The number of aromatic nitrogens is 2. The number of hydrogen-bond acceptors (Lipinski definition) is 7. The van der Waals surface area contributed by atoms with E-state index < -0.39 is 0 Å². The third kappa shape index (κ3) is 4.70. The molecular formula is C23H33N5O3. The largest absolute Gasteiger partial charge is 0.496 e. The fourth-order valence-corrected chi connectivity index (χ4v) is 4.43. The summed E-state index contributed by atoms with van der Waals surface area (Å²) < 4.78 is 11.1. The summed E-state index contributed by atoms with van der Waals surface area (Å²) >= 11 is 0. The van der Waals surface area contributed by atoms with Crippen molar-refractivity contribution in [1.82, 2.24) is 14.9 Å². The van der Waals surface area contributed by atoms with Crippen LogP contribution < -0.4 is 20.1 Å². The molecule has 2 aromatic rings. The number of benzene rings is 1. The minimum Gasteiger partial charge on any atom is -0.496 e. The molecule has 0 unspecified atom stereocenters. The highest BCUT2D eigenvalue weighted by atomic mass is 16.5. The van der Waals surface area contributed by atoms with Gasteiger partial charge in [0.05, 0.1) is 26.0 Å². The van der Waals surface area contributed by atoms with E-state index in [0.717, 1.165) is 61.8 Å². The number of fused-ring (bicyclic) bond motifs is 1. The van der Waals surface area contributed by atoms with Crippen molar-refractivity contribution in [3.63, 3.8) is 0 Å². The van der Waals surface area contributed by atoms with E-state index in [4.69, 9.17) is 14.5 Å². The molecule has 0 aliphatic carbocycles. The minimum absolute atomic E-state index is 0.00713. The Hall–Kier alpha value is -2.58. The van der Waals surface area contributed by atoms with Crippen LogP contribution in [0.1, 0.15) is 30.7 Å². The zero-order valence-electron chi connectivity index (χ0n) is 18.8. The zero-order chi connectivity index (χ0) is 21.8. The fourth-order valence-electron chi connectivity index (χ4n) is 4.43. The van der Waals surface area contributed by atoms with Crippen LogP contribution in [0, 0.1) is 0 Å². The number of nitrogens with one attached hydrogen (secondary N) is 1. The van der Waals surface area contributed by atoms with Gasteiger partial charge in [0.25, 0.3) is 5.56 Å². The van der Waals surface area contributed by atoms with Crippen LogP contribution in [0.15, 0.2) is 23.0 Å². The maximum absolute atomic E-state index is 12.7. The molecule has 31 heavy (non-hydrogen) atoms. The summed E-state index contributed by atoms with van der Waals surface area (Å²) in [6.45, 7) is 11.3. The van der Waals surface area contributed by atoms with E-state index in [9.17, 15) is 4.79 Å². The molecule has 0 atom stereocenters. The third-order valence-electron chi connectivity index (χ3n) is 6.24. The third-order valence-corrected chi connectivity index (χ3v) is 6.24. The summed E-state index contributed by atoms with van der Waals surface area (Å²) in [6, 6.07) is 6.45. The maximum atomic E-state index is 12.7. The second kappa shape index (κ2) is 9.70. The van der Waals surface area contributed by atoms with Gasteiger partial charge in [-0.05, 0) is 26.3 Å². The molecule has 0 spiro atoms. The van der Waals surface area contributed by atoms with Crippen LogP contribution in [0.5, 0.6) is 5.75 Å². The molecule has 0 amide bonds. The van der Waals surface area contributed by atoms with Crippen LogP contribution in [0.25, 0.3) is 0 Å². The van der Waals surface area contributed by atoms with Crippen LogP contribution in [0.4, 0.5) is 11.6 Å². The lowest BCUT2D eigenvalue weighted by Crippen LogP contribution is -2.40. The number of nitrogens with zero attached hydrogens (tertiary/aromatic N) is 4. The Kier molecular flexibility index (Phi) is 6.77. The highest BCUT2D eigenvalue weighted by Gasteiger charge is 2.24. The molecule has 168 valence electrons. The van der Waals surface area contributed by atoms with Gasteiger partial charge in [0.2, 0.25) is 5.95 Å². The molecule has 8 nitrogen and oxygen atoms in total. The molecule has 4 rings (SSSR count). The summed E-state index contributed by atoms with van der Waals surface area (Å²) in [5, 5.41) is 0. The van der Waals surface area contributed by atoms with Gasteiger partial charge in [0, 0.05) is 68.7 Å².